The molecule has 12 heteroatoms. The Kier molecular flexibility index (Phi) is 6.77. The van der Waals surface area contributed by atoms with Gasteiger partial charge in [0.25, 0.3) is 0 Å². The lowest BCUT2D eigenvalue weighted by atomic mass is 10.1. The number of amides is 2. The fraction of sp³-hybridized carbons (Fsp3) is 0.545. The van der Waals surface area contributed by atoms with Crippen LogP contribution < -0.4 is 10.2 Å². The zero-order valence-corrected chi connectivity index (χ0v) is 20.0. The van der Waals surface area contributed by atoms with Gasteiger partial charge < -0.3 is 19.5 Å². The third-order valence-electron chi connectivity index (χ3n) is 5.97. The van der Waals surface area contributed by atoms with E-state index in [4.69, 9.17) is 4.74 Å². The second kappa shape index (κ2) is 9.75. The zero-order valence-electron chi connectivity index (χ0n) is 20.0. The first-order valence-electron chi connectivity index (χ1n) is 11.4. The number of cyclic esters (lactones) is 1. The van der Waals surface area contributed by atoms with Crippen molar-refractivity contribution in [1.82, 2.24) is 34.3 Å². The Hall–Kier alpha value is -3.54. The number of imidazole rings is 1. The van der Waals surface area contributed by atoms with E-state index in [0.29, 0.717) is 31.6 Å². The summed E-state index contributed by atoms with van der Waals surface area (Å²) in [5.74, 6) is 1.12. The minimum atomic E-state index is -0.457. The van der Waals surface area contributed by atoms with Crippen LogP contribution in [-0.2, 0) is 16.2 Å². The van der Waals surface area contributed by atoms with Gasteiger partial charge in [-0.1, -0.05) is 6.58 Å². The number of nitrogens with zero attached hydrogens (tertiary/aromatic N) is 8. The number of ether oxygens (including phenoxy) is 1. The van der Waals surface area contributed by atoms with Gasteiger partial charge in [0, 0.05) is 31.4 Å². The van der Waals surface area contributed by atoms with Crippen LogP contribution in [0.1, 0.15) is 38.3 Å². The van der Waals surface area contributed by atoms with Crippen molar-refractivity contribution in [2.45, 2.75) is 52.5 Å². The highest BCUT2D eigenvalue weighted by Crippen LogP contribution is 2.20. The quantitative estimate of drug-likeness (QED) is 0.602. The maximum atomic E-state index is 12.1. The third-order valence-corrected chi connectivity index (χ3v) is 5.97. The number of piperazine rings is 1. The predicted octanol–water partition coefficient (Wildman–Crippen LogP) is 1.57. The summed E-state index contributed by atoms with van der Waals surface area (Å²) in [6, 6.07) is 0.0420. The van der Waals surface area contributed by atoms with Gasteiger partial charge in [-0.2, -0.15) is 15.0 Å². The highest BCUT2D eigenvalue weighted by Gasteiger charge is 2.32. The van der Waals surface area contributed by atoms with Crippen molar-refractivity contribution in [1.29, 1.82) is 0 Å². The molecular weight excluding hydrogens is 438 g/mol. The van der Waals surface area contributed by atoms with Crippen LogP contribution in [0.15, 0.2) is 25.2 Å². The zero-order chi connectivity index (χ0) is 24.4. The number of aromatic nitrogens is 5. The average molecular weight is 470 g/mol. The molecule has 0 aliphatic carbocycles. The van der Waals surface area contributed by atoms with Crippen LogP contribution in [0.2, 0.25) is 0 Å². The summed E-state index contributed by atoms with van der Waals surface area (Å²) in [6.07, 6.45) is 4.71. The Labute approximate surface area is 198 Å². The molecule has 0 spiro atoms. The minimum absolute atomic E-state index is 0.0252. The molecule has 2 aliphatic heterocycles. The van der Waals surface area contributed by atoms with E-state index in [1.807, 2.05) is 22.6 Å². The van der Waals surface area contributed by atoms with Gasteiger partial charge in [-0.05, 0) is 33.8 Å². The van der Waals surface area contributed by atoms with Gasteiger partial charge in [0.15, 0.2) is 0 Å². The van der Waals surface area contributed by atoms with Crippen LogP contribution in [0.4, 0.5) is 16.7 Å². The lowest BCUT2D eigenvalue weighted by Gasteiger charge is -2.44. The lowest BCUT2D eigenvalue weighted by Crippen LogP contribution is -2.58. The second-order valence-corrected chi connectivity index (χ2v) is 8.78. The second-order valence-electron chi connectivity index (χ2n) is 8.78. The van der Waals surface area contributed by atoms with Gasteiger partial charge >= 0.3 is 6.09 Å². The third kappa shape index (κ3) is 5.01. The van der Waals surface area contributed by atoms with E-state index in [2.05, 4.69) is 50.6 Å². The van der Waals surface area contributed by atoms with Crippen molar-refractivity contribution in [2.24, 2.45) is 0 Å². The summed E-state index contributed by atoms with van der Waals surface area (Å²) in [4.78, 5) is 47.1. The number of carbonyl (C=O) groups is 2. The first-order valence-corrected chi connectivity index (χ1v) is 11.4. The SMILES string of the molecule is C=CC(=O)N1[C@H](C)CN(Cn2cnc([C@H](C)Nc3nc(C)nc(N4CCOC4=O)n3)c2)C[C@@H]1C. The largest absolute Gasteiger partial charge is 0.447 e. The van der Waals surface area contributed by atoms with E-state index in [9.17, 15) is 9.59 Å². The van der Waals surface area contributed by atoms with Crippen LogP contribution in [0, 0.1) is 6.92 Å². The van der Waals surface area contributed by atoms with Gasteiger partial charge in [0.2, 0.25) is 17.8 Å². The number of aryl methyl sites for hydroxylation is 1. The summed E-state index contributed by atoms with van der Waals surface area (Å²) in [6.45, 7) is 14.4. The van der Waals surface area contributed by atoms with Crippen molar-refractivity contribution < 1.29 is 14.3 Å². The molecule has 1 N–H and O–H groups in total. The Bertz CT molecular complexity index is 1060. The topological polar surface area (TPSA) is 122 Å². The number of anilines is 2. The van der Waals surface area contributed by atoms with Gasteiger partial charge in [-0.25, -0.2) is 14.7 Å². The molecule has 0 unspecified atom stereocenters. The molecule has 0 saturated carbocycles. The summed E-state index contributed by atoms with van der Waals surface area (Å²) < 4.78 is 7.01. The predicted molar refractivity (Wildman–Crippen MR) is 125 cm³/mol. The standard InChI is InChI=1S/C22H31N9O3/c1-6-19(32)31-14(2)9-28(10-15(31)3)13-29-11-18(23-12-29)16(4)24-20-25-17(5)26-21(27-20)30-7-8-34-22(30)33/h6,11-12,14-16H,1,7-10,13H2,2-5H3,(H,24,25,26,27)/t14-,15+,16-/m0/s1. The maximum Gasteiger partial charge on any atom is 0.416 e. The van der Waals surface area contributed by atoms with Gasteiger partial charge in [-0.3, -0.25) is 9.69 Å². The minimum Gasteiger partial charge on any atom is -0.447 e. The molecule has 0 radical (unpaired) electrons. The van der Waals surface area contributed by atoms with Crippen molar-refractivity contribution in [3.05, 3.63) is 36.7 Å². The van der Waals surface area contributed by atoms with E-state index in [1.165, 1.54) is 11.0 Å². The smallest absolute Gasteiger partial charge is 0.416 e. The molecule has 4 heterocycles. The Morgan fingerprint density at radius 1 is 1.29 bits per heavy atom. The molecule has 2 aromatic heterocycles. The van der Waals surface area contributed by atoms with Gasteiger partial charge in [0.1, 0.15) is 12.4 Å². The monoisotopic (exact) mass is 469 g/mol. The van der Waals surface area contributed by atoms with Crippen molar-refractivity contribution in [3.63, 3.8) is 0 Å². The maximum absolute atomic E-state index is 12.1. The molecule has 12 nitrogen and oxygen atoms in total. The molecule has 0 aromatic carbocycles. The first kappa shape index (κ1) is 23.6. The lowest BCUT2D eigenvalue weighted by molar-refractivity contribution is -0.134. The summed E-state index contributed by atoms with van der Waals surface area (Å²) in [5.41, 5.74) is 0.835. The summed E-state index contributed by atoms with van der Waals surface area (Å²) in [5, 5.41) is 3.25. The average Bonchev–Trinajstić information content (AvgIpc) is 3.41. The van der Waals surface area contributed by atoms with Gasteiger partial charge in [0.05, 0.1) is 31.3 Å². The molecule has 2 fully saturated rings. The van der Waals surface area contributed by atoms with Crippen molar-refractivity contribution in [3.8, 4) is 0 Å². The Balaban J connectivity index is 1.39. The fourth-order valence-corrected chi connectivity index (χ4v) is 4.49. The van der Waals surface area contributed by atoms with Gasteiger partial charge in [-0.15, -0.1) is 0 Å². The number of hydrogen-bond acceptors (Lipinski definition) is 9. The number of rotatable bonds is 7. The fourth-order valence-electron chi connectivity index (χ4n) is 4.49. The van der Waals surface area contributed by atoms with E-state index in [0.717, 1.165) is 18.8 Å². The van der Waals surface area contributed by atoms with Crippen LogP contribution in [0.3, 0.4) is 0 Å². The van der Waals surface area contributed by atoms with Crippen LogP contribution in [0.25, 0.3) is 0 Å². The molecule has 2 saturated heterocycles. The first-order chi connectivity index (χ1) is 16.2. The van der Waals surface area contributed by atoms with Crippen molar-refractivity contribution in [2.75, 3.05) is 36.5 Å². The molecule has 3 atom stereocenters. The Morgan fingerprint density at radius 3 is 2.68 bits per heavy atom. The van der Waals surface area contributed by atoms with Crippen LogP contribution >= 0.6 is 0 Å². The molecule has 4 rings (SSSR count). The molecule has 2 aromatic rings. The van der Waals surface area contributed by atoms with E-state index in [1.54, 1.807) is 13.3 Å². The molecule has 34 heavy (non-hydrogen) atoms. The van der Waals surface area contributed by atoms with E-state index < -0.39 is 6.09 Å². The summed E-state index contributed by atoms with van der Waals surface area (Å²) in [7, 11) is 0. The van der Waals surface area contributed by atoms with Crippen LogP contribution in [0.5, 0.6) is 0 Å². The van der Waals surface area contributed by atoms with E-state index >= 15 is 0 Å². The highest BCUT2D eigenvalue weighted by molar-refractivity contribution is 5.88. The number of carbonyl (C=O) groups excluding carboxylic acids is 2. The normalized spacial score (nSPS) is 21.9. The Morgan fingerprint density at radius 2 is 2.03 bits per heavy atom. The van der Waals surface area contributed by atoms with Crippen LogP contribution in [-0.4, -0.2) is 84.6 Å². The van der Waals surface area contributed by atoms with E-state index in [-0.39, 0.29) is 30.0 Å². The number of nitrogens with one attached hydrogen (secondary N) is 1. The highest BCUT2D eigenvalue weighted by atomic mass is 16.6. The molecule has 2 amide bonds. The van der Waals surface area contributed by atoms with Crippen molar-refractivity contribution >= 4 is 23.9 Å². The molecular formula is C22H31N9O3. The summed E-state index contributed by atoms with van der Waals surface area (Å²) >= 11 is 0. The molecule has 0 bridgehead atoms. The number of hydrogen-bond donors (Lipinski definition) is 1. The molecule has 2 aliphatic rings. The molecule has 182 valence electrons.